The van der Waals surface area contributed by atoms with E-state index in [2.05, 4.69) is 15.4 Å². The minimum atomic E-state index is -0.723. The highest BCUT2D eigenvalue weighted by molar-refractivity contribution is 6.35. The van der Waals surface area contributed by atoms with Gasteiger partial charge in [0.05, 0.1) is 11.4 Å². The molecule has 1 amide bonds. The lowest BCUT2D eigenvalue weighted by Gasteiger charge is -2.06. The van der Waals surface area contributed by atoms with Crippen LogP contribution in [0, 0.1) is 0 Å². The fourth-order valence-electron chi connectivity index (χ4n) is 2.07. The van der Waals surface area contributed by atoms with Crippen LogP contribution in [-0.4, -0.2) is 25.5 Å². The summed E-state index contributed by atoms with van der Waals surface area (Å²) in [6, 6.07) is 2.76. The molecule has 3 rings (SSSR count). The van der Waals surface area contributed by atoms with Crippen molar-refractivity contribution in [2.24, 2.45) is 0 Å². The van der Waals surface area contributed by atoms with Gasteiger partial charge in [0.1, 0.15) is 5.65 Å². The van der Waals surface area contributed by atoms with Crippen LogP contribution in [0.2, 0.25) is 5.02 Å². The van der Waals surface area contributed by atoms with Crippen LogP contribution in [0.4, 0.5) is 0 Å². The summed E-state index contributed by atoms with van der Waals surface area (Å²) in [5.41, 5.74) is 2.35. The van der Waals surface area contributed by atoms with Crippen LogP contribution in [-0.2, 0) is 11.2 Å². The number of nitrogens with one attached hydrogen (secondary N) is 3. The number of halogens is 1. The fraction of sp³-hybridized carbons (Fsp3) is 0.0769. The molecule has 0 aliphatic rings. The second-order valence-electron chi connectivity index (χ2n) is 4.52. The Morgan fingerprint density at radius 2 is 2.18 bits per heavy atom. The molecule has 3 N–H and O–H groups in total. The molecule has 3 aromatic rings. The van der Waals surface area contributed by atoms with Crippen molar-refractivity contribution in [1.82, 2.24) is 19.6 Å². The number of nitrogens with zero attached hydrogens (tertiary/aromatic N) is 2. The SMILES string of the molecule is O=C(Cc1c[nH]c2nccc(Cl)c12)Nn1ccc(=O)[nH]c1=O. The molecule has 0 saturated heterocycles. The van der Waals surface area contributed by atoms with Crippen LogP contribution in [0.3, 0.4) is 0 Å². The van der Waals surface area contributed by atoms with Crippen molar-refractivity contribution in [3.63, 3.8) is 0 Å². The smallest absolute Gasteiger partial charge is 0.346 e. The third-order valence-electron chi connectivity index (χ3n) is 3.02. The summed E-state index contributed by atoms with van der Waals surface area (Å²) in [7, 11) is 0. The molecule has 0 saturated carbocycles. The van der Waals surface area contributed by atoms with E-state index in [9.17, 15) is 14.4 Å². The summed E-state index contributed by atoms with van der Waals surface area (Å²) >= 11 is 6.10. The Balaban J connectivity index is 1.84. The Labute approximate surface area is 127 Å². The molecule has 0 aliphatic heterocycles. The molecular weight excluding hydrogens is 310 g/mol. The summed E-state index contributed by atoms with van der Waals surface area (Å²) in [6.45, 7) is 0. The van der Waals surface area contributed by atoms with Crippen LogP contribution in [0.5, 0.6) is 0 Å². The molecule has 3 heterocycles. The van der Waals surface area contributed by atoms with E-state index in [0.29, 0.717) is 21.6 Å². The zero-order valence-electron chi connectivity index (χ0n) is 11.1. The van der Waals surface area contributed by atoms with Gasteiger partial charge in [-0.2, -0.15) is 0 Å². The van der Waals surface area contributed by atoms with Crippen molar-refractivity contribution in [2.75, 3.05) is 5.43 Å². The second kappa shape index (κ2) is 5.49. The minimum Gasteiger partial charge on any atom is -0.346 e. The van der Waals surface area contributed by atoms with Gasteiger partial charge in [-0.05, 0) is 11.6 Å². The predicted octanol–water partition coefficient (Wildman–Crippen LogP) is 0.379. The van der Waals surface area contributed by atoms with Crippen molar-refractivity contribution < 1.29 is 4.79 Å². The Kier molecular flexibility index (Phi) is 3.51. The van der Waals surface area contributed by atoms with E-state index in [1.165, 1.54) is 6.20 Å². The highest BCUT2D eigenvalue weighted by atomic mass is 35.5. The van der Waals surface area contributed by atoms with Crippen molar-refractivity contribution >= 4 is 28.5 Å². The molecule has 0 aromatic carbocycles. The summed E-state index contributed by atoms with van der Waals surface area (Å²) in [6.07, 6.45) is 4.38. The number of carbonyl (C=O) groups excluding carboxylic acids is 1. The molecule has 8 nitrogen and oxygen atoms in total. The highest BCUT2D eigenvalue weighted by Gasteiger charge is 2.12. The number of pyridine rings is 1. The topological polar surface area (TPSA) is 113 Å². The molecule has 0 spiro atoms. The molecule has 0 radical (unpaired) electrons. The fourth-order valence-corrected chi connectivity index (χ4v) is 2.34. The van der Waals surface area contributed by atoms with Crippen LogP contribution in [0.1, 0.15) is 5.56 Å². The quantitative estimate of drug-likeness (QED) is 0.647. The number of hydrogen-bond acceptors (Lipinski definition) is 4. The molecule has 0 fully saturated rings. The number of rotatable bonds is 3. The first kappa shape index (κ1) is 14.1. The first-order valence-corrected chi connectivity index (χ1v) is 6.65. The van der Waals surface area contributed by atoms with Crippen LogP contribution in [0.25, 0.3) is 11.0 Å². The van der Waals surface area contributed by atoms with E-state index in [4.69, 9.17) is 11.6 Å². The molecule has 0 bridgehead atoms. The van der Waals surface area contributed by atoms with Gasteiger partial charge in [0.25, 0.3) is 5.56 Å². The van der Waals surface area contributed by atoms with Gasteiger partial charge >= 0.3 is 5.69 Å². The van der Waals surface area contributed by atoms with Gasteiger partial charge in [-0.1, -0.05) is 11.6 Å². The number of H-pyrrole nitrogens is 2. The number of aromatic amines is 2. The maximum Gasteiger partial charge on any atom is 0.347 e. The van der Waals surface area contributed by atoms with Gasteiger partial charge in [-0.3, -0.25) is 20.0 Å². The minimum absolute atomic E-state index is 0.00300. The molecule has 0 atom stereocenters. The van der Waals surface area contributed by atoms with Crippen molar-refractivity contribution in [3.05, 3.63) is 62.1 Å². The van der Waals surface area contributed by atoms with Gasteiger partial charge in [0.2, 0.25) is 5.91 Å². The highest BCUT2D eigenvalue weighted by Crippen LogP contribution is 2.25. The summed E-state index contributed by atoms with van der Waals surface area (Å²) in [5, 5.41) is 1.14. The molecule has 3 aromatic heterocycles. The lowest BCUT2D eigenvalue weighted by molar-refractivity contribution is -0.116. The molecule has 22 heavy (non-hydrogen) atoms. The summed E-state index contributed by atoms with van der Waals surface area (Å²) in [5.74, 6) is -0.435. The maximum absolute atomic E-state index is 12.0. The van der Waals surface area contributed by atoms with E-state index in [0.717, 1.165) is 10.7 Å². The first-order chi connectivity index (χ1) is 10.5. The van der Waals surface area contributed by atoms with Gasteiger partial charge in [-0.15, -0.1) is 0 Å². The Hall–Kier alpha value is -2.87. The summed E-state index contributed by atoms with van der Waals surface area (Å²) in [4.78, 5) is 43.6. The molecule has 0 unspecified atom stereocenters. The second-order valence-corrected chi connectivity index (χ2v) is 4.93. The molecule has 9 heteroatoms. The molecule has 112 valence electrons. The molecule has 0 aliphatic carbocycles. The predicted molar refractivity (Wildman–Crippen MR) is 80.5 cm³/mol. The van der Waals surface area contributed by atoms with Crippen molar-refractivity contribution in [2.45, 2.75) is 6.42 Å². The number of amides is 1. The molecular formula is C13H10ClN5O3. The lowest BCUT2D eigenvalue weighted by Crippen LogP contribution is -2.37. The van der Waals surface area contributed by atoms with E-state index in [1.807, 2.05) is 4.98 Å². The number of carbonyl (C=O) groups is 1. The third kappa shape index (κ3) is 2.63. The van der Waals surface area contributed by atoms with E-state index >= 15 is 0 Å². The van der Waals surface area contributed by atoms with Crippen molar-refractivity contribution in [3.8, 4) is 0 Å². The zero-order valence-corrected chi connectivity index (χ0v) is 11.8. The largest absolute Gasteiger partial charge is 0.347 e. The standard InChI is InChI=1S/C13H10ClN5O3/c14-8-1-3-15-12-11(8)7(6-16-12)5-10(21)18-19-4-2-9(20)17-13(19)22/h1-4,6H,5H2,(H,15,16)(H,18,21)(H,17,20,22). The number of aromatic nitrogens is 4. The first-order valence-electron chi connectivity index (χ1n) is 6.27. The lowest BCUT2D eigenvalue weighted by atomic mass is 10.1. The van der Waals surface area contributed by atoms with Gasteiger partial charge in [0.15, 0.2) is 0 Å². The average Bonchev–Trinajstić information content (AvgIpc) is 2.86. The van der Waals surface area contributed by atoms with Gasteiger partial charge in [0, 0.05) is 30.0 Å². The Morgan fingerprint density at radius 3 is 2.95 bits per heavy atom. The Bertz CT molecular complexity index is 971. The van der Waals surface area contributed by atoms with Gasteiger partial charge < -0.3 is 4.98 Å². The van der Waals surface area contributed by atoms with E-state index < -0.39 is 17.2 Å². The van der Waals surface area contributed by atoms with Gasteiger partial charge in [-0.25, -0.2) is 14.5 Å². The summed E-state index contributed by atoms with van der Waals surface area (Å²) < 4.78 is 0.901. The monoisotopic (exact) mass is 319 g/mol. The maximum atomic E-state index is 12.0. The van der Waals surface area contributed by atoms with Crippen LogP contribution < -0.4 is 16.7 Å². The van der Waals surface area contributed by atoms with Crippen LogP contribution >= 0.6 is 11.6 Å². The average molecular weight is 320 g/mol. The number of hydrogen-bond donors (Lipinski definition) is 3. The third-order valence-corrected chi connectivity index (χ3v) is 3.34. The van der Waals surface area contributed by atoms with E-state index in [1.54, 1.807) is 18.5 Å². The number of fused-ring (bicyclic) bond motifs is 1. The van der Waals surface area contributed by atoms with E-state index in [-0.39, 0.29) is 6.42 Å². The van der Waals surface area contributed by atoms with Crippen molar-refractivity contribution in [1.29, 1.82) is 0 Å². The van der Waals surface area contributed by atoms with Crippen LogP contribution in [0.15, 0.2) is 40.3 Å². The normalized spacial score (nSPS) is 10.8. The Morgan fingerprint density at radius 1 is 1.36 bits per heavy atom. The zero-order chi connectivity index (χ0) is 15.7.